The second-order valence-corrected chi connectivity index (χ2v) is 12.1. The average Bonchev–Trinajstić information content (AvgIpc) is 3.03. The van der Waals surface area contributed by atoms with E-state index in [9.17, 15) is 0 Å². The highest BCUT2D eigenvalue weighted by atomic mass is 15.2. The van der Waals surface area contributed by atoms with Gasteiger partial charge in [0.05, 0.1) is 12.1 Å². The minimum atomic E-state index is 0.205. The highest BCUT2D eigenvalue weighted by Gasteiger charge is 2.30. The fourth-order valence-electron chi connectivity index (χ4n) is 6.66. The molecule has 7 rings (SSSR count). The molecule has 5 aromatic carbocycles. The zero-order valence-electron chi connectivity index (χ0n) is 25.2. The molecule has 0 aliphatic heterocycles. The molecule has 2 atom stereocenters. The molecule has 0 saturated heterocycles. The molecule has 0 amide bonds. The van der Waals surface area contributed by atoms with Crippen LogP contribution >= 0.6 is 0 Å². The Bertz CT molecular complexity index is 1920. The van der Waals surface area contributed by atoms with Crippen LogP contribution in [0.15, 0.2) is 156 Å². The van der Waals surface area contributed by atoms with Crippen molar-refractivity contribution < 1.29 is 0 Å². The zero-order chi connectivity index (χ0) is 29.3. The maximum atomic E-state index is 2.65. The summed E-state index contributed by atoms with van der Waals surface area (Å²) in [7, 11) is 0. The van der Waals surface area contributed by atoms with E-state index in [-0.39, 0.29) is 12.1 Å². The zero-order valence-corrected chi connectivity index (χ0v) is 25.2. The van der Waals surface area contributed by atoms with Crippen LogP contribution in [0.4, 0.5) is 17.1 Å². The smallest absolute Gasteiger partial charge is 0.0539 e. The molecule has 0 unspecified atom stereocenters. The third kappa shape index (κ3) is 5.53. The van der Waals surface area contributed by atoms with Crippen LogP contribution in [0.5, 0.6) is 0 Å². The Morgan fingerprint density at radius 1 is 0.581 bits per heavy atom. The van der Waals surface area contributed by atoms with Crippen LogP contribution in [0.2, 0.25) is 0 Å². The fraction of sp³-hybridized carbons (Fsp3) is 0.171. The SMILES string of the molecule is CC1=CC[C@@H](N(c2ccc3ccccc3c2)[C@@H]2C=C(C)C=C(N(c3ccc(C)cc3)c3ccc4ccccc4c3)C2)C=C1. The van der Waals surface area contributed by atoms with Gasteiger partial charge in [-0.2, -0.15) is 0 Å². The summed E-state index contributed by atoms with van der Waals surface area (Å²) in [6.07, 6.45) is 13.8. The third-order valence-electron chi connectivity index (χ3n) is 8.85. The van der Waals surface area contributed by atoms with Gasteiger partial charge in [0, 0.05) is 29.2 Å². The predicted octanol–water partition coefficient (Wildman–Crippen LogP) is 10.8. The van der Waals surface area contributed by atoms with Crippen LogP contribution in [0.1, 0.15) is 32.3 Å². The second-order valence-electron chi connectivity index (χ2n) is 12.1. The van der Waals surface area contributed by atoms with Gasteiger partial charge < -0.3 is 9.80 Å². The molecular weight excluding hydrogens is 520 g/mol. The minimum absolute atomic E-state index is 0.205. The van der Waals surface area contributed by atoms with Crippen molar-refractivity contribution in [2.24, 2.45) is 0 Å². The number of nitrogens with zero attached hydrogens (tertiary/aromatic N) is 2. The first-order valence-corrected chi connectivity index (χ1v) is 15.4. The number of hydrogen-bond acceptors (Lipinski definition) is 2. The highest BCUT2D eigenvalue weighted by molar-refractivity contribution is 5.88. The molecular formula is C41H38N2. The van der Waals surface area contributed by atoms with Gasteiger partial charge in [-0.3, -0.25) is 0 Å². The monoisotopic (exact) mass is 558 g/mol. The van der Waals surface area contributed by atoms with Crippen LogP contribution in [0, 0.1) is 6.92 Å². The topological polar surface area (TPSA) is 6.48 Å². The van der Waals surface area contributed by atoms with Crippen LogP contribution in [0.3, 0.4) is 0 Å². The Morgan fingerprint density at radius 2 is 1.19 bits per heavy atom. The van der Waals surface area contributed by atoms with E-state index in [4.69, 9.17) is 0 Å². The molecule has 0 fully saturated rings. The molecule has 0 spiro atoms. The van der Waals surface area contributed by atoms with E-state index in [2.05, 4.69) is 170 Å². The maximum Gasteiger partial charge on any atom is 0.0539 e. The molecule has 0 aromatic heterocycles. The van der Waals surface area contributed by atoms with Crippen molar-refractivity contribution >= 4 is 38.6 Å². The van der Waals surface area contributed by atoms with Crippen LogP contribution < -0.4 is 9.80 Å². The van der Waals surface area contributed by atoms with E-state index < -0.39 is 0 Å². The summed E-state index contributed by atoms with van der Waals surface area (Å²) in [4.78, 5) is 5.12. The Kier molecular flexibility index (Phi) is 7.20. The molecule has 0 saturated carbocycles. The van der Waals surface area contributed by atoms with Crippen molar-refractivity contribution in [3.05, 3.63) is 162 Å². The van der Waals surface area contributed by atoms with E-state index in [1.54, 1.807) is 0 Å². The Hall–Kier alpha value is -4.82. The van der Waals surface area contributed by atoms with Gasteiger partial charge in [-0.05, 0) is 91.2 Å². The van der Waals surface area contributed by atoms with E-state index in [1.807, 2.05) is 0 Å². The van der Waals surface area contributed by atoms with Crippen molar-refractivity contribution in [1.29, 1.82) is 0 Å². The molecule has 43 heavy (non-hydrogen) atoms. The summed E-state index contributed by atoms with van der Waals surface area (Å²) < 4.78 is 0. The van der Waals surface area contributed by atoms with E-state index in [0.717, 1.165) is 12.8 Å². The molecule has 5 aromatic rings. The number of hydrogen-bond donors (Lipinski definition) is 0. The predicted molar refractivity (Wildman–Crippen MR) is 185 cm³/mol. The molecule has 0 bridgehead atoms. The molecule has 2 heteroatoms. The van der Waals surface area contributed by atoms with Crippen molar-refractivity contribution in [2.75, 3.05) is 9.80 Å². The summed E-state index contributed by atoms with van der Waals surface area (Å²) in [5.41, 5.74) is 8.85. The lowest BCUT2D eigenvalue weighted by molar-refractivity contribution is 0.599. The molecule has 2 aliphatic carbocycles. The second kappa shape index (κ2) is 11.5. The van der Waals surface area contributed by atoms with E-state index in [1.165, 1.54) is 61.0 Å². The maximum absolute atomic E-state index is 2.65. The van der Waals surface area contributed by atoms with Crippen molar-refractivity contribution in [2.45, 2.75) is 45.7 Å². The first-order chi connectivity index (χ1) is 21.0. The Morgan fingerprint density at radius 3 is 1.84 bits per heavy atom. The molecule has 2 nitrogen and oxygen atoms in total. The Balaban J connectivity index is 1.32. The number of aryl methyl sites for hydroxylation is 1. The normalized spacial score (nSPS) is 18.3. The van der Waals surface area contributed by atoms with Crippen molar-refractivity contribution in [3.63, 3.8) is 0 Å². The summed E-state index contributed by atoms with van der Waals surface area (Å²) in [6, 6.07) is 40.6. The molecule has 212 valence electrons. The van der Waals surface area contributed by atoms with E-state index >= 15 is 0 Å². The molecule has 0 heterocycles. The van der Waals surface area contributed by atoms with Gasteiger partial charge in [0.2, 0.25) is 0 Å². The summed E-state index contributed by atoms with van der Waals surface area (Å²) in [5.74, 6) is 0. The third-order valence-corrected chi connectivity index (χ3v) is 8.85. The number of allylic oxidation sites excluding steroid dienone is 4. The van der Waals surface area contributed by atoms with Crippen LogP contribution in [0.25, 0.3) is 21.5 Å². The van der Waals surface area contributed by atoms with E-state index in [0.29, 0.717) is 0 Å². The standard InChI is InChI=1S/C41H38N2/c1-29-12-18-36(19-13-29)42(38-22-16-32-8-4-6-10-34(32)26-38)40-24-31(3)25-41(28-40)43(37-20-14-30(2)15-21-37)39-23-17-33-9-5-7-11-35(33)27-39/h4-20,22-27,37,41H,21,28H2,1-3H3/t37-,41+/m0/s1. The molecule has 0 N–H and O–H groups in total. The summed E-state index contributed by atoms with van der Waals surface area (Å²) in [6.45, 7) is 6.60. The van der Waals surface area contributed by atoms with Crippen LogP contribution in [-0.2, 0) is 0 Å². The lowest BCUT2D eigenvalue weighted by Crippen LogP contribution is -2.44. The summed E-state index contributed by atoms with van der Waals surface area (Å²) in [5, 5.41) is 5.07. The molecule has 2 aliphatic rings. The van der Waals surface area contributed by atoms with Gasteiger partial charge in [0.15, 0.2) is 0 Å². The van der Waals surface area contributed by atoms with Gasteiger partial charge >= 0.3 is 0 Å². The Labute approximate surface area is 255 Å². The number of benzene rings is 5. The first-order valence-electron chi connectivity index (χ1n) is 15.4. The number of fused-ring (bicyclic) bond motifs is 2. The van der Waals surface area contributed by atoms with Gasteiger partial charge in [-0.1, -0.05) is 114 Å². The number of rotatable bonds is 6. The molecule has 0 radical (unpaired) electrons. The largest absolute Gasteiger partial charge is 0.358 e. The van der Waals surface area contributed by atoms with Gasteiger partial charge in [-0.15, -0.1) is 0 Å². The highest BCUT2D eigenvalue weighted by Crippen LogP contribution is 2.39. The lowest BCUT2D eigenvalue weighted by atomic mass is 9.93. The van der Waals surface area contributed by atoms with Gasteiger partial charge in [0.25, 0.3) is 0 Å². The average molecular weight is 559 g/mol. The van der Waals surface area contributed by atoms with Crippen molar-refractivity contribution in [1.82, 2.24) is 0 Å². The van der Waals surface area contributed by atoms with Gasteiger partial charge in [-0.25, -0.2) is 0 Å². The van der Waals surface area contributed by atoms with Crippen LogP contribution in [-0.4, -0.2) is 12.1 Å². The first kappa shape index (κ1) is 27.0. The fourth-order valence-corrected chi connectivity index (χ4v) is 6.66. The number of anilines is 3. The summed E-state index contributed by atoms with van der Waals surface area (Å²) >= 11 is 0. The van der Waals surface area contributed by atoms with Crippen molar-refractivity contribution in [3.8, 4) is 0 Å². The quantitative estimate of drug-likeness (QED) is 0.204. The van der Waals surface area contributed by atoms with Gasteiger partial charge in [0.1, 0.15) is 0 Å². The lowest BCUT2D eigenvalue weighted by Gasteiger charge is -2.42. The minimum Gasteiger partial charge on any atom is -0.358 e.